The summed E-state index contributed by atoms with van der Waals surface area (Å²) in [6.45, 7) is 8.05. The smallest absolute Gasteiger partial charge is 0.354 e. The summed E-state index contributed by atoms with van der Waals surface area (Å²) in [7, 11) is 1.32. The van der Waals surface area contributed by atoms with Crippen LogP contribution < -0.4 is 4.31 Å². The van der Waals surface area contributed by atoms with Crippen LogP contribution in [0.4, 0.5) is 5.69 Å². The average molecular weight is 471 g/mol. The molecular formula is C25H30N2O5S. The second-order valence-corrected chi connectivity index (χ2v) is 9.44. The van der Waals surface area contributed by atoms with Crippen LogP contribution in [-0.2, 0) is 20.9 Å². The predicted molar refractivity (Wildman–Crippen MR) is 128 cm³/mol. The van der Waals surface area contributed by atoms with E-state index in [0.29, 0.717) is 12.2 Å². The molecule has 33 heavy (non-hydrogen) atoms. The number of hydrogen-bond donors (Lipinski definition) is 2. The van der Waals surface area contributed by atoms with Crippen LogP contribution in [0, 0.1) is 11.8 Å². The van der Waals surface area contributed by atoms with Crippen molar-refractivity contribution in [3.8, 4) is 0 Å². The predicted octanol–water partition coefficient (Wildman–Crippen LogP) is 3.47. The zero-order chi connectivity index (χ0) is 24.0. The van der Waals surface area contributed by atoms with E-state index in [2.05, 4.69) is 4.31 Å². The number of carbonyl (C=O) groups is 2. The van der Waals surface area contributed by atoms with E-state index in [-0.39, 0.29) is 24.5 Å². The summed E-state index contributed by atoms with van der Waals surface area (Å²) in [5.41, 5.74) is 3.04. The number of carbonyl (C=O) groups excluding carboxylic acids is 2. The number of anilines is 1. The molecule has 0 radical (unpaired) electrons. The normalized spacial score (nSPS) is 23.8. The number of methoxy groups -OCH3 is 1. The number of benzene rings is 2. The Morgan fingerprint density at radius 2 is 2.00 bits per heavy atom. The van der Waals surface area contributed by atoms with Crippen LogP contribution in [0.3, 0.4) is 0 Å². The Hall–Kier alpha value is -2.55. The van der Waals surface area contributed by atoms with E-state index in [1.807, 2.05) is 51.1 Å². The van der Waals surface area contributed by atoms with Crippen LogP contribution in [-0.4, -0.2) is 52.8 Å². The molecule has 1 saturated heterocycles. The first kappa shape index (κ1) is 23.6. The Morgan fingerprint density at radius 3 is 2.64 bits per heavy atom. The number of esters is 1. The molecular weight excluding hydrogens is 440 g/mol. The molecule has 1 amide bonds. The van der Waals surface area contributed by atoms with Gasteiger partial charge in [0.05, 0.1) is 44.0 Å². The molecule has 2 aromatic rings. The van der Waals surface area contributed by atoms with Crippen molar-refractivity contribution in [2.45, 2.75) is 51.3 Å². The molecule has 176 valence electrons. The Kier molecular flexibility index (Phi) is 6.44. The second kappa shape index (κ2) is 9.00. The van der Waals surface area contributed by atoms with Gasteiger partial charge in [0, 0.05) is 16.2 Å². The number of nitrogens with zero attached hydrogens (tertiary/aromatic N) is 2. The molecule has 1 fully saturated rings. The molecule has 3 heterocycles. The quantitative estimate of drug-likeness (QED) is 0.393. The highest BCUT2D eigenvalue weighted by atomic mass is 32.2. The molecule has 2 aromatic carbocycles. The van der Waals surface area contributed by atoms with Crippen molar-refractivity contribution in [1.29, 1.82) is 0 Å². The summed E-state index contributed by atoms with van der Waals surface area (Å²) < 4.78 is 7.14. The molecule has 0 bridgehead atoms. The molecule has 0 aliphatic carbocycles. The van der Waals surface area contributed by atoms with Gasteiger partial charge in [-0.3, -0.25) is 4.79 Å². The van der Waals surface area contributed by atoms with Gasteiger partial charge in [0.2, 0.25) is 5.91 Å². The summed E-state index contributed by atoms with van der Waals surface area (Å²) in [5, 5.41) is 21.9. The Labute approximate surface area is 198 Å². The van der Waals surface area contributed by atoms with Crippen molar-refractivity contribution in [1.82, 2.24) is 4.90 Å². The van der Waals surface area contributed by atoms with Gasteiger partial charge in [-0.25, -0.2) is 4.79 Å². The van der Waals surface area contributed by atoms with Gasteiger partial charge < -0.3 is 24.2 Å². The Morgan fingerprint density at radius 1 is 1.27 bits per heavy atom. The van der Waals surface area contributed by atoms with Gasteiger partial charge in [-0.2, -0.15) is 0 Å². The van der Waals surface area contributed by atoms with Gasteiger partial charge in [0.1, 0.15) is 5.70 Å². The number of aliphatic hydroxyl groups is 2. The minimum Gasteiger partial charge on any atom is -0.464 e. The van der Waals surface area contributed by atoms with Crippen LogP contribution in [0.25, 0.3) is 10.8 Å². The minimum absolute atomic E-state index is 0.0259. The lowest BCUT2D eigenvalue weighted by Gasteiger charge is -2.46. The fraction of sp³-hybridized carbons (Fsp3) is 0.440. The number of hydrogen-bond acceptors (Lipinski definition) is 7. The highest BCUT2D eigenvalue weighted by Gasteiger charge is 2.60. The molecule has 0 aromatic heterocycles. The fourth-order valence-electron chi connectivity index (χ4n) is 5.18. The van der Waals surface area contributed by atoms with E-state index in [1.54, 1.807) is 18.9 Å². The maximum atomic E-state index is 12.7. The molecule has 4 unspecified atom stereocenters. The summed E-state index contributed by atoms with van der Waals surface area (Å²) in [6.07, 6.45) is -0.773. The van der Waals surface area contributed by atoms with Crippen LogP contribution in [0.2, 0.25) is 0 Å². The van der Waals surface area contributed by atoms with Crippen molar-refractivity contribution in [2.75, 3.05) is 18.0 Å². The van der Waals surface area contributed by atoms with Gasteiger partial charge in [-0.05, 0) is 53.6 Å². The first-order valence-electron chi connectivity index (χ1n) is 11.3. The van der Waals surface area contributed by atoms with Crippen LogP contribution in [0.1, 0.15) is 33.3 Å². The standard InChI is InChI=1S/C23H24N2O5S.C2H6/c1-11-15(21(23(29)30-3)25-20(11)18(12(2)27)22(25)28)9-24-16-6-4-5-14-7-13(10-26)8-17(31-24)19(14)16;1-2/h4-8,11-12,18,20,26-27H,9-10H2,1-3H3;1-2H3. The summed E-state index contributed by atoms with van der Waals surface area (Å²) >= 11 is 1.57. The second-order valence-electron chi connectivity index (χ2n) is 8.37. The lowest BCUT2D eigenvalue weighted by atomic mass is 9.78. The minimum atomic E-state index is -0.773. The lowest BCUT2D eigenvalue weighted by molar-refractivity contribution is -0.163. The van der Waals surface area contributed by atoms with Gasteiger partial charge in [-0.15, -0.1) is 0 Å². The van der Waals surface area contributed by atoms with Gasteiger partial charge in [0.25, 0.3) is 0 Å². The van der Waals surface area contributed by atoms with E-state index in [4.69, 9.17) is 4.74 Å². The van der Waals surface area contributed by atoms with E-state index >= 15 is 0 Å². The van der Waals surface area contributed by atoms with E-state index in [9.17, 15) is 19.8 Å². The zero-order valence-corrected chi connectivity index (χ0v) is 20.3. The first-order valence-corrected chi connectivity index (χ1v) is 12.1. The van der Waals surface area contributed by atoms with Gasteiger partial charge in [0.15, 0.2) is 0 Å². The maximum absolute atomic E-state index is 12.7. The number of aliphatic hydroxyl groups excluding tert-OH is 2. The largest absolute Gasteiger partial charge is 0.464 e. The highest BCUT2D eigenvalue weighted by Crippen LogP contribution is 2.51. The van der Waals surface area contributed by atoms with Gasteiger partial charge >= 0.3 is 5.97 Å². The maximum Gasteiger partial charge on any atom is 0.354 e. The summed E-state index contributed by atoms with van der Waals surface area (Å²) in [6, 6.07) is 9.80. The highest BCUT2D eigenvalue weighted by molar-refractivity contribution is 8.01. The molecule has 0 saturated carbocycles. The molecule has 4 atom stereocenters. The molecule has 7 nitrogen and oxygen atoms in total. The summed E-state index contributed by atoms with van der Waals surface area (Å²) in [4.78, 5) is 28.0. The van der Waals surface area contributed by atoms with Crippen molar-refractivity contribution in [3.63, 3.8) is 0 Å². The fourth-order valence-corrected chi connectivity index (χ4v) is 6.39. The first-order chi connectivity index (χ1) is 15.9. The molecule has 5 rings (SSSR count). The number of β-lactam (4-membered cyclic amide) rings is 1. The molecule has 3 aliphatic rings. The van der Waals surface area contributed by atoms with E-state index in [0.717, 1.165) is 32.5 Å². The Balaban J connectivity index is 0.00000126. The third-order valence-electron chi connectivity index (χ3n) is 6.65. The molecule has 8 heteroatoms. The lowest BCUT2D eigenvalue weighted by Crippen LogP contribution is -2.63. The average Bonchev–Trinajstić information content (AvgIpc) is 3.28. The van der Waals surface area contributed by atoms with E-state index in [1.165, 1.54) is 12.0 Å². The zero-order valence-electron chi connectivity index (χ0n) is 19.5. The van der Waals surface area contributed by atoms with Crippen LogP contribution in [0.15, 0.2) is 46.5 Å². The van der Waals surface area contributed by atoms with Crippen LogP contribution >= 0.6 is 11.9 Å². The van der Waals surface area contributed by atoms with Crippen molar-refractivity contribution in [3.05, 3.63) is 47.2 Å². The number of ether oxygens (including phenoxy) is 1. The number of fused-ring (bicyclic) bond motifs is 1. The monoisotopic (exact) mass is 470 g/mol. The molecule has 2 N–H and O–H groups in total. The van der Waals surface area contributed by atoms with E-state index < -0.39 is 18.0 Å². The summed E-state index contributed by atoms with van der Waals surface area (Å²) in [5.74, 6) is -1.34. The number of amides is 1. The van der Waals surface area contributed by atoms with Crippen molar-refractivity contribution < 1.29 is 24.5 Å². The van der Waals surface area contributed by atoms with Gasteiger partial charge in [-0.1, -0.05) is 32.9 Å². The topological polar surface area (TPSA) is 90.3 Å². The third-order valence-corrected chi connectivity index (χ3v) is 7.71. The van der Waals surface area contributed by atoms with Crippen molar-refractivity contribution >= 4 is 40.3 Å². The molecule has 3 aliphatic heterocycles. The van der Waals surface area contributed by atoms with Crippen LogP contribution in [0.5, 0.6) is 0 Å². The number of rotatable bonds is 5. The molecule has 0 spiro atoms. The Bertz CT molecular complexity index is 1150. The SMILES string of the molecule is CC.COC(=O)C1=C(CN2Sc3cc(CO)cc4cccc2c34)C(C)C2C(C(C)O)C(=O)N12. The third kappa shape index (κ3) is 3.52. The van der Waals surface area contributed by atoms with Crippen molar-refractivity contribution in [2.24, 2.45) is 11.8 Å².